The van der Waals surface area contributed by atoms with Gasteiger partial charge in [0, 0.05) is 13.1 Å². The molecule has 3 atom stereocenters. The van der Waals surface area contributed by atoms with Crippen LogP contribution in [0.15, 0.2) is 34.7 Å². The summed E-state index contributed by atoms with van der Waals surface area (Å²) in [6.07, 6.45) is -0.688. The minimum absolute atomic E-state index is 0.0203. The molecule has 1 aromatic carbocycles. The highest BCUT2D eigenvalue weighted by atomic mass is 32.2. The lowest BCUT2D eigenvalue weighted by Crippen LogP contribution is -2.61. The van der Waals surface area contributed by atoms with Gasteiger partial charge in [-0.25, -0.2) is 14.2 Å². The predicted octanol–water partition coefficient (Wildman–Crippen LogP) is 1.78. The number of carbonyl (C=O) groups excluding carboxylic acids is 2. The highest BCUT2D eigenvalue weighted by Crippen LogP contribution is 2.33. The molecule has 31 heavy (non-hydrogen) atoms. The summed E-state index contributed by atoms with van der Waals surface area (Å²) in [6.45, 7) is 2.69. The summed E-state index contributed by atoms with van der Waals surface area (Å²) >= 11 is 2.81. The fourth-order valence-corrected chi connectivity index (χ4v) is 5.00. The van der Waals surface area contributed by atoms with Crippen molar-refractivity contribution in [3.63, 3.8) is 0 Å². The first-order valence-corrected chi connectivity index (χ1v) is 11.8. The number of alkyl halides is 1. The number of thioether (sulfide) groups is 1. The molecule has 2 aliphatic heterocycles. The van der Waals surface area contributed by atoms with Crippen molar-refractivity contribution < 1.29 is 18.7 Å². The molecular formula is C19H23FN6O3S2. The number of alkyl carbamates (subject to hydrolysis) is 1. The molecule has 2 aromatic rings. The van der Waals surface area contributed by atoms with Gasteiger partial charge in [0.05, 0.1) is 13.1 Å². The van der Waals surface area contributed by atoms with Crippen LogP contribution in [0.1, 0.15) is 12.5 Å². The fourth-order valence-electron chi connectivity index (χ4n) is 3.68. The van der Waals surface area contributed by atoms with Crippen molar-refractivity contribution in [3.8, 4) is 0 Å². The normalized spacial score (nSPS) is 23.7. The maximum absolute atomic E-state index is 14.9. The molecule has 0 aliphatic carbocycles. The van der Waals surface area contributed by atoms with E-state index in [0.29, 0.717) is 23.8 Å². The Bertz CT molecular complexity index is 948. The number of halogens is 1. The third-order valence-electron chi connectivity index (χ3n) is 5.57. The van der Waals surface area contributed by atoms with E-state index in [0.717, 1.165) is 4.34 Å². The molecule has 166 valence electrons. The van der Waals surface area contributed by atoms with Crippen molar-refractivity contribution in [3.05, 3.63) is 35.9 Å². The number of amides is 2. The maximum atomic E-state index is 14.9. The largest absolute Gasteiger partial charge is 0.443 e. The van der Waals surface area contributed by atoms with E-state index < -0.39 is 23.9 Å². The monoisotopic (exact) mass is 466 g/mol. The number of piperazine rings is 1. The average Bonchev–Trinajstić information content (AvgIpc) is 3.43. The number of hydrogen-bond donors (Lipinski definition) is 2. The van der Waals surface area contributed by atoms with Crippen molar-refractivity contribution in [1.29, 1.82) is 0 Å². The highest BCUT2D eigenvalue weighted by Gasteiger charge is 2.48. The summed E-state index contributed by atoms with van der Waals surface area (Å²) in [5.41, 5.74) is 2.41. The Balaban J connectivity index is 1.47. The van der Waals surface area contributed by atoms with Crippen LogP contribution in [0.2, 0.25) is 0 Å². The number of carbonyl (C=O) groups is 2. The number of hydrazine groups is 1. The van der Waals surface area contributed by atoms with Gasteiger partial charge in [-0.05, 0) is 18.7 Å². The smallest absolute Gasteiger partial charge is 0.407 e. The second kappa shape index (κ2) is 8.97. The summed E-state index contributed by atoms with van der Waals surface area (Å²) < 4.78 is 21.1. The van der Waals surface area contributed by atoms with E-state index in [1.165, 1.54) is 23.1 Å². The molecule has 0 spiro atoms. The molecule has 0 saturated carbocycles. The van der Waals surface area contributed by atoms with E-state index in [1.54, 1.807) is 16.8 Å². The molecule has 2 N–H and O–H groups in total. The van der Waals surface area contributed by atoms with Gasteiger partial charge < -0.3 is 15.0 Å². The fraction of sp³-hybridized carbons (Fsp3) is 0.474. The molecule has 4 rings (SSSR count). The Morgan fingerprint density at radius 2 is 2.13 bits per heavy atom. The lowest BCUT2D eigenvalue weighted by molar-refractivity contribution is -0.135. The first-order chi connectivity index (χ1) is 14.9. The zero-order valence-corrected chi connectivity index (χ0v) is 18.7. The highest BCUT2D eigenvalue weighted by molar-refractivity contribution is 8.00. The number of aromatic nitrogens is 2. The van der Waals surface area contributed by atoms with E-state index in [1.807, 2.05) is 36.6 Å². The lowest BCUT2D eigenvalue weighted by Gasteiger charge is -2.39. The van der Waals surface area contributed by atoms with Gasteiger partial charge in [-0.2, -0.15) is 0 Å². The van der Waals surface area contributed by atoms with Gasteiger partial charge in [0.25, 0.3) is 0 Å². The topological polar surface area (TPSA) is 99.7 Å². The first kappa shape index (κ1) is 21.8. The van der Waals surface area contributed by atoms with Crippen molar-refractivity contribution in [2.45, 2.75) is 29.1 Å². The number of ether oxygens (including phenoxy) is 1. The summed E-state index contributed by atoms with van der Waals surface area (Å²) in [5, 5.41) is 12.8. The Labute approximate surface area is 187 Å². The maximum Gasteiger partial charge on any atom is 0.407 e. The minimum atomic E-state index is -1.34. The second-order valence-corrected chi connectivity index (χ2v) is 9.42. The van der Waals surface area contributed by atoms with Crippen LogP contribution >= 0.6 is 23.1 Å². The molecule has 2 fully saturated rings. The third kappa shape index (κ3) is 4.32. The summed E-state index contributed by atoms with van der Waals surface area (Å²) in [4.78, 5) is 26.6. The summed E-state index contributed by atoms with van der Waals surface area (Å²) in [5.74, 6) is -0.360. The molecule has 3 unspecified atom stereocenters. The number of benzene rings is 1. The van der Waals surface area contributed by atoms with Gasteiger partial charge in [0.1, 0.15) is 11.5 Å². The molecule has 0 radical (unpaired) electrons. The van der Waals surface area contributed by atoms with E-state index in [9.17, 15) is 14.0 Å². The predicted molar refractivity (Wildman–Crippen MR) is 116 cm³/mol. The van der Waals surface area contributed by atoms with E-state index in [-0.39, 0.29) is 19.0 Å². The Morgan fingerprint density at radius 3 is 2.74 bits per heavy atom. The zero-order valence-electron chi connectivity index (χ0n) is 17.1. The van der Waals surface area contributed by atoms with Crippen LogP contribution in [0, 0.1) is 0 Å². The van der Waals surface area contributed by atoms with E-state index in [4.69, 9.17) is 4.74 Å². The zero-order chi connectivity index (χ0) is 22.0. The van der Waals surface area contributed by atoms with E-state index in [2.05, 4.69) is 20.9 Å². The van der Waals surface area contributed by atoms with Gasteiger partial charge in [-0.1, -0.05) is 53.4 Å². The molecule has 3 heterocycles. The van der Waals surface area contributed by atoms with Crippen LogP contribution in [0.4, 0.5) is 14.3 Å². The number of hydrogen-bond acceptors (Lipinski definition) is 9. The Hall–Kier alpha value is -2.44. The van der Waals surface area contributed by atoms with Gasteiger partial charge in [0.2, 0.25) is 11.0 Å². The molecule has 12 heteroatoms. The molecule has 0 bridgehead atoms. The lowest BCUT2D eigenvalue weighted by atomic mass is 9.76. The average molecular weight is 467 g/mol. The standard InChI is InChI=1S/C19H23FN6O3S2/c1-19(12-6-4-3-5-7-12,13-10-21-17(28)29-13)15(27)24-25-8-9-26(14(20)11-25)16-22-23-18(30-2)31-16/h3-7,13-14H,8-11H2,1-2H3,(H,21,28)(H,24,27). The number of cyclic esters (lactones) is 1. The number of nitrogens with zero attached hydrogens (tertiary/aromatic N) is 4. The van der Waals surface area contributed by atoms with Crippen molar-refractivity contribution in [2.75, 3.05) is 37.3 Å². The van der Waals surface area contributed by atoms with Crippen molar-refractivity contribution in [1.82, 2.24) is 25.9 Å². The van der Waals surface area contributed by atoms with Gasteiger partial charge in [-0.3, -0.25) is 10.2 Å². The molecule has 2 aliphatic rings. The Kier molecular flexibility index (Phi) is 6.30. The Morgan fingerprint density at radius 1 is 1.35 bits per heavy atom. The van der Waals surface area contributed by atoms with Gasteiger partial charge in [0.15, 0.2) is 10.6 Å². The van der Waals surface area contributed by atoms with Crippen LogP contribution < -0.4 is 15.6 Å². The number of rotatable bonds is 6. The van der Waals surface area contributed by atoms with Crippen LogP contribution in [0.5, 0.6) is 0 Å². The first-order valence-electron chi connectivity index (χ1n) is 9.76. The van der Waals surface area contributed by atoms with Crippen LogP contribution in [-0.4, -0.2) is 72.0 Å². The number of anilines is 1. The van der Waals surface area contributed by atoms with Gasteiger partial charge in [-0.15, -0.1) is 10.2 Å². The third-order valence-corrected chi connectivity index (χ3v) is 7.50. The van der Waals surface area contributed by atoms with Gasteiger partial charge >= 0.3 is 6.09 Å². The summed E-state index contributed by atoms with van der Waals surface area (Å²) in [6, 6.07) is 9.14. The molecule has 2 amide bonds. The molecular weight excluding hydrogens is 443 g/mol. The molecule has 2 saturated heterocycles. The van der Waals surface area contributed by atoms with Crippen molar-refractivity contribution in [2.24, 2.45) is 0 Å². The van der Waals surface area contributed by atoms with Crippen LogP contribution in [0.25, 0.3) is 0 Å². The van der Waals surface area contributed by atoms with Crippen LogP contribution in [0.3, 0.4) is 0 Å². The van der Waals surface area contributed by atoms with Crippen molar-refractivity contribution >= 4 is 40.2 Å². The summed E-state index contributed by atoms with van der Waals surface area (Å²) in [7, 11) is 0. The van der Waals surface area contributed by atoms with Crippen LogP contribution in [-0.2, 0) is 14.9 Å². The van der Waals surface area contributed by atoms with E-state index >= 15 is 0 Å². The number of nitrogens with one attached hydrogen (secondary N) is 2. The molecule has 1 aromatic heterocycles. The molecule has 9 nitrogen and oxygen atoms in total. The quantitative estimate of drug-likeness (QED) is 0.491. The SMILES string of the molecule is CSc1nnc(N2CCN(NC(=O)C(C)(c3ccccc3)C3CNC(=O)O3)CC2F)s1. The minimum Gasteiger partial charge on any atom is -0.443 e. The second-order valence-electron chi connectivity index (χ2n) is 7.41.